The lowest BCUT2D eigenvalue weighted by atomic mass is 10.1. The molecular weight excluding hydrogens is 454 g/mol. The highest BCUT2D eigenvalue weighted by atomic mass is 16.6. The number of phenolic OH excluding ortho intramolecular Hbond substituents is 2. The highest BCUT2D eigenvalue weighted by Crippen LogP contribution is 2.25. The van der Waals surface area contributed by atoms with Gasteiger partial charge in [0.1, 0.15) is 24.4 Å². The van der Waals surface area contributed by atoms with Crippen LogP contribution in [0.1, 0.15) is 46.6 Å². The van der Waals surface area contributed by atoms with Gasteiger partial charge in [0, 0.05) is 12.8 Å². The van der Waals surface area contributed by atoms with Gasteiger partial charge in [-0.15, -0.1) is 12.3 Å². The average Bonchev–Trinajstić information content (AvgIpc) is 2.75. The molecule has 1 aromatic rings. The Bertz CT molecular complexity index is 998. The Morgan fingerprint density at radius 2 is 1.89 bits per heavy atom. The Balaban J connectivity index is 2.88. The van der Waals surface area contributed by atoms with Crippen molar-refractivity contribution >= 4 is 18.0 Å². The minimum atomic E-state index is -1.18. The van der Waals surface area contributed by atoms with Crippen molar-refractivity contribution in [3.8, 4) is 23.8 Å². The Morgan fingerprint density at radius 1 is 1.20 bits per heavy atom. The maximum Gasteiger partial charge on any atom is 0.408 e. The smallest absolute Gasteiger partial charge is 0.408 e. The first kappa shape index (κ1) is 29.1. The van der Waals surface area contributed by atoms with Gasteiger partial charge in [-0.25, -0.2) is 14.4 Å². The second-order valence-electron chi connectivity index (χ2n) is 8.64. The summed E-state index contributed by atoms with van der Waals surface area (Å²) in [4.78, 5) is 37.4. The van der Waals surface area contributed by atoms with E-state index in [0.29, 0.717) is 5.56 Å². The fourth-order valence-electron chi connectivity index (χ4n) is 2.73. The van der Waals surface area contributed by atoms with Crippen molar-refractivity contribution in [3.05, 3.63) is 47.6 Å². The monoisotopic (exact) mass is 487 g/mol. The van der Waals surface area contributed by atoms with E-state index in [9.17, 15) is 24.6 Å². The highest BCUT2D eigenvalue weighted by Gasteiger charge is 2.27. The molecule has 1 rings (SSSR count). The molecular formula is C26H33NO8. The van der Waals surface area contributed by atoms with E-state index in [1.165, 1.54) is 18.2 Å². The number of ether oxygens (including phenoxy) is 3. The van der Waals surface area contributed by atoms with E-state index < -0.39 is 35.8 Å². The number of amides is 1. The summed E-state index contributed by atoms with van der Waals surface area (Å²) in [6.45, 7) is 8.05. The molecule has 190 valence electrons. The largest absolute Gasteiger partial charge is 0.504 e. The van der Waals surface area contributed by atoms with Gasteiger partial charge < -0.3 is 29.7 Å². The van der Waals surface area contributed by atoms with Crippen LogP contribution in [0.3, 0.4) is 0 Å². The van der Waals surface area contributed by atoms with E-state index >= 15 is 0 Å². The van der Waals surface area contributed by atoms with Crippen LogP contribution in [0.4, 0.5) is 4.79 Å². The molecule has 0 aliphatic heterocycles. The molecule has 0 radical (unpaired) electrons. The summed E-state index contributed by atoms with van der Waals surface area (Å²) >= 11 is 0. The van der Waals surface area contributed by atoms with Crippen LogP contribution in [0.15, 0.2) is 42.0 Å². The topological polar surface area (TPSA) is 131 Å². The predicted molar refractivity (Wildman–Crippen MR) is 129 cm³/mol. The Kier molecular flexibility index (Phi) is 11.4. The molecule has 2 atom stereocenters. The third-order valence-corrected chi connectivity index (χ3v) is 4.25. The van der Waals surface area contributed by atoms with E-state index in [2.05, 4.69) is 11.2 Å². The first-order valence-electron chi connectivity index (χ1n) is 11.0. The van der Waals surface area contributed by atoms with Crippen molar-refractivity contribution < 1.29 is 38.8 Å². The highest BCUT2D eigenvalue weighted by molar-refractivity contribution is 5.91. The maximum atomic E-state index is 12.8. The summed E-state index contributed by atoms with van der Waals surface area (Å²) in [6.07, 6.45) is 8.59. The number of carbonyl (C=O) groups excluding carboxylic acids is 3. The molecule has 1 aromatic carbocycles. The van der Waals surface area contributed by atoms with Crippen LogP contribution in [0.5, 0.6) is 11.5 Å². The van der Waals surface area contributed by atoms with Crippen LogP contribution < -0.4 is 5.32 Å². The summed E-state index contributed by atoms with van der Waals surface area (Å²) in [6, 6.07) is 2.84. The van der Waals surface area contributed by atoms with Gasteiger partial charge in [-0.05, 0) is 52.3 Å². The maximum absolute atomic E-state index is 12.8. The van der Waals surface area contributed by atoms with Crippen LogP contribution >= 0.6 is 0 Å². The second kappa shape index (κ2) is 13.7. The summed E-state index contributed by atoms with van der Waals surface area (Å²) < 4.78 is 15.8. The lowest BCUT2D eigenvalue weighted by molar-refractivity contribution is -0.156. The number of alkyl carbamates (subject to hydrolysis) is 1. The molecule has 0 aliphatic rings. The third-order valence-electron chi connectivity index (χ3n) is 4.25. The molecule has 1 unspecified atom stereocenters. The summed E-state index contributed by atoms with van der Waals surface area (Å²) in [5.74, 6) is 0.293. The normalized spacial score (nSPS) is 13.4. The molecule has 9 nitrogen and oxygen atoms in total. The number of esters is 2. The number of carbonyl (C=O) groups is 3. The first-order chi connectivity index (χ1) is 16.4. The quantitative estimate of drug-likeness (QED) is 0.114. The van der Waals surface area contributed by atoms with Gasteiger partial charge in [-0.1, -0.05) is 24.3 Å². The predicted octanol–water partition coefficient (Wildman–Crippen LogP) is 3.53. The molecule has 0 spiro atoms. The molecule has 0 aliphatic carbocycles. The molecule has 3 N–H and O–H groups in total. The van der Waals surface area contributed by atoms with Gasteiger partial charge in [-0.2, -0.15) is 0 Å². The van der Waals surface area contributed by atoms with E-state index in [4.69, 9.17) is 20.6 Å². The fourth-order valence-corrected chi connectivity index (χ4v) is 2.73. The van der Waals surface area contributed by atoms with Crippen LogP contribution in [0, 0.1) is 12.3 Å². The average molecular weight is 488 g/mol. The van der Waals surface area contributed by atoms with Crippen LogP contribution in [-0.2, 0) is 30.2 Å². The summed E-state index contributed by atoms with van der Waals surface area (Å²) in [7, 11) is 0. The Hall–Kier alpha value is -3.93. The molecule has 0 aromatic heterocycles. The van der Waals surface area contributed by atoms with Gasteiger partial charge in [0.15, 0.2) is 11.5 Å². The zero-order valence-corrected chi connectivity index (χ0v) is 20.7. The van der Waals surface area contributed by atoms with Crippen molar-refractivity contribution in [2.45, 2.75) is 65.2 Å². The van der Waals surface area contributed by atoms with Crippen molar-refractivity contribution in [1.29, 1.82) is 0 Å². The number of rotatable bonds is 10. The second-order valence-corrected chi connectivity index (χ2v) is 8.64. The number of terminal acetylenes is 1. The molecule has 0 bridgehead atoms. The van der Waals surface area contributed by atoms with Crippen LogP contribution in [0.25, 0.3) is 0 Å². The zero-order chi connectivity index (χ0) is 26.6. The number of hydrogen-bond donors (Lipinski definition) is 3. The zero-order valence-electron chi connectivity index (χ0n) is 20.7. The van der Waals surface area contributed by atoms with Crippen molar-refractivity contribution in [1.82, 2.24) is 5.32 Å². The van der Waals surface area contributed by atoms with E-state index in [0.717, 1.165) is 0 Å². The van der Waals surface area contributed by atoms with Gasteiger partial charge in [-0.3, -0.25) is 0 Å². The SMILES string of the molecule is C#CC/C=C(\C=C/C)C(=O)O[C@H](C)COC(=O)C(Cc1ccc(O)c(O)c1)NC(=O)OC(C)(C)C. The number of allylic oxidation sites excluding steroid dienone is 2. The van der Waals surface area contributed by atoms with Gasteiger partial charge in [0.25, 0.3) is 0 Å². The molecule has 0 saturated heterocycles. The van der Waals surface area contributed by atoms with Gasteiger partial charge >= 0.3 is 18.0 Å². The summed E-state index contributed by atoms with van der Waals surface area (Å²) in [5, 5.41) is 21.7. The van der Waals surface area contributed by atoms with Crippen molar-refractivity contribution in [2.24, 2.45) is 0 Å². The fraction of sp³-hybridized carbons (Fsp3) is 0.423. The van der Waals surface area contributed by atoms with Crippen LogP contribution in [0.2, 0.25) is 0 Å². The van der Waals surface area contributed by atoms with E-state index in [1.54, 1.807) is 52.8 Å². The molecule has 0 saturated carbocycles. The lowest BCUT2D eigenvalue weighted by Crippen LogP contribution is -2.46. The molecule has 35 heavy (non-hydrogen) atoms. The Morgan fingerprint density at radius 3 is 2.46 bits per heavy atom. The number of aromatic hydroxyl groups is 2. The van der Waals surface area contributed by atoms with Crippen molar-refractivity contribution in [3.63, 3.8) is 0 Å². The minimum Gasteiger partial charge on any atom is -0.504 e. The number of nitrogens with one attached hydrogen (secondary N) is 1. The minimum absolute atomic E-state index is 0.0552. The van der Waals surface area contributed by atoms with Crippen LogP contribution in [-0.4, -0.2) is 52.6 Å². The van der Waals surface area contributed by atoms with Crippen molar-refractivity contribution in [2.75, 3.05) is 6.61 Å². The first-order valence-corrected chi connectivity index (χ1v) is 11.0. The molecule has 1 amide bonds. The molecule has 0 fully saturated rings. The number of hydrogen-bond acceptors (Lipinski definition) is 8. The van der Waals surface area contributed by atoms with Gasteiger partial charge in [0.2, 0.25) is 0 Å². The summed E-state index contributed by atoms with van der Waals surface area (Å²) in [5.41, 5.74) is -0.0667. The standard InChI is InChI=1S/C26H33NO8/c1-7-9-11-19(10-8-2)23(30)34-17(3)16-33-24(31)20(27-25(32)35-26(4,5)6)14-18-12-13-21(28)22(29)15-18/h1,8,10-13,15,17,20,28-29H,9,14,16H2,2-6H3,(H,27,32)/b10-8-,19-11+/t17-,20?/m1/s1. The van der Waals surface area contributed by atoms with E-state index in [1.807, 2.05) is 0 Å². The number of phenols is 2. The Labute approximate surface area is 205 Å². The molecule has 0 heterocycles. The lowest BCUT2D eigenvalue weighted by Gasteiger charge is -2.23. The molecule has 9 heteroatoms. The van der Waals surface area contributed by atoms with E-state index in [-0.39, 0.29) is 36.5 Å². The number of benzene rings is 1. The third kappa shape index (κ3) is 11.2. The van der Waals surface area contributed by atoms with Gasteiger partial charge in [0.05, 0.1) is 5.57 Å².